The zero-order valence-corrected chi connectivity index (χ0v) is 15.1. The molecule has 1 rings (SSSR count). The van der Waals surface area contributed by atoms with Gasteiger partial charge in [-0.15, -0.1) is 0 Å². The van der Waals surface area contributed by atoms with E-state index in [9.17, 15) is 4.79 Å². The Hall–Kier alpha value is -1.51. The summed E-state index contributed by atoms with van der Waals surface area (Å²) in [4.78, 5) is 12.0. The van der Waals surface area contributed by atoms with Crippen LogP contribution in [0, 0.1) is 11.8 Å². The smallest absolute Gasteiger partial charge is 0.258 e. The zero-order chi connectivity index (χ0) is 16.9. The van der Waals surface area contributed by atoms with Crippen molar-refractivity contribution in [1.82, 2.24) is 5.32 Å². The lowest BCUT2D eigenvalue weighted by Crippen LogP contribution is -2.44. The van der Waals surface area contributed by atoms with E-state index in [-0.39, 0.29) is 24.0 Å². The van der Waals surface area contributed by atoms with E-state index < -0.39 is 0 Å². The molecule has 0 unspecified atom stereocenters. The van der Waals surface area contributed by atoms with Crippen LogP contribution in [0.1, 0.15) is 54.0 Å². The van der Waals surface area contributed by atoms with Gasteiger partial charge in [0.1, 0.15) is 5.75 Å². The summed E-state index contributed by atoms with van der Waals surface area (Å²) in [7, 11) is 0. The Morgan fingerprint density at radius 3 is 1.95 bits per heavy atom. The van der Waals surface area contributed by atoms with Gasteiger partial charge in [0.25, 0.3) is 5.91 Å². The molecule has 1 aromatic rings. The van der Waals surface area contributed by atoms with Crippen molar-refractivity contribution in [2.75, 3.05) is 6.61 Å². The quantitative estimate of drug-likeness (QED) is 0.857. The Balaban J connectivity index is 2.54. The molecule has 0 saturated carbocycles. The van der Waals surface area contributed by atoms with Gasteiger partial charge in [0.05, 0.1) is 0 Å². The summed E-state index contributed by atoms with van der Waals surface area (Å²) >= 11 is 0. The van der Waals surface area contributed by atoms with Crippen molar-refractivity contribution in [3.05, 3.63) is 29.8 Å². The number of hydrogen-bond donors (Lipinski definition) is 1. The van der Waals surface area contributed by atoms with Gasteiger partial charge in [-0.3, -0.25) is 4.79 Å². The minimum absolute atomic E-state index is 0.0603. The molecule has 3 heteroatoms. The number of rotatable bonds is 6. The molecular weight excluding hydrogens is 274 g/mol. The third-order valence-corrected chi connectivity index (χ3v) is 3.85. The Labute approximate surface area is 135 Å². The minimum Gasteiger partial charge on any atom is -0.484 e. The highest BCUT2D eigenvalue weighted by Crippen LogP contribution is 2.24. The Bertz CT molecular complexity index is 461. The molecule has 0 aliphatic heterocycles. The predicted octanol–water partition coefficient (Wildman–Crippen LogP) is 4.16. The molecule has 0 heterocycles. The van der Waals surface area contributed by atoms with Crippen molar-refractivity contribution in [1.29, 1.82) is 0 Å². The maximum Gasteiger partial charge on any atom is 0.258 e. The Morgan fingerprint density at radius 1 is 1.05 bits per heavy atom. The van der Waals surface area contributed by atoms with Crippen LogP contribution in [0.5, 0.6) is 5.75 Å². The number of carbonyl (C=O) groups is 1. The molecule has 1 N–H and O–H groups in total. The van der Waals surface area contributed by atoms with E-state index in [2.05, 4.69) is 65.9 Å². The summed E-state index contributed by atoms with van der Waals surface area (Å²) in [5.74, 6) is 1.49. The Kier molecular flexibility index (Phi) is 6.46. The minimum atomic E-state index is -0.0627. The highest BCUT2D eigenvalue weighted by Gasteiger charge is 2.19. The normalized spacial score (nSPS) is 12.1. The highest BCUT2D eigenvalue weighted by atomic mass is 16.5. The molecule has 0 bridgehead atoms. The maximum absolute atomic E-state index is 12.0. The van der Waals surface area contributed by atoms with Crippen LogP contribution >= 0.6 is 0 Å². The second-order valence-corrected chi connectivity index (χ2v) is 7.64. The number of hydrogen-bond acceptors (Lipinski definition) is 2. The van der Waals surface area contributed by atoms with E-state index in [0.29, 0.717) is 11.8 Å². The standard InChI is InChI=1S/C19H31NO2/c1-13(2)18(14(3)4)20-17(21)12-22-16-10-8-15(9-11-16)19(5,6)7/h8-11,13-14,18H,12H2,1-7H3,(H,20,21). The van der Waals surface area contributed by atoms with Crippen molar-refractivity contribution in [2.45, 2.75) is 59.9 Å². The molecule has 0 atom stereocenters. The van der Waals surface area contributed by atoms with E-state index in [4.69, 9.17) is 4.74 Å². The first-order valence-electron chi connectivity index (χ1n) is 8.14. The van der Waals surface area contributed by atoms with E-state index in [1.165, 1.54) is 5.56 Å². The second-order valence-electron chi connectivity index (χ2n) is 7.64. The molecule has 3 nitrogen and oxygen atoms in total. The van der Waals surface area contributed by atoms with Crippen LogP contribution in [0.25, 0.3) is 0 Å². The fraction of sp³-hybridized carbons (Fsp3) is 0.632. The van der Waals surface area contributed by atoms with Crippen molar-refractivity contribution < 1.29 is 9.53 Å². The van der Waals surface area contributed by atoms with E-state index in [1.807, 2.05) is 12.1 Å². The third-order valence-electron chi connectivity index (χ3n) is 3.85. The van der Waals surface area contributed by atoms with Crippen LogP contribution < -0.4 is 10.1 Å². The number of ether oxygens (including phenoxy) is 1. The number of benzene rings is 1. The van der Waals surface area contributed by atoms with Crippen LogP contribution in [0.15, 0.2) is 24.3 Å². The first-order valence-corrected chi connectivity index (χ1v) is 8.14. The highest BCUT2D eigenvalue weighted by molar-refractivity contribution is 5.77. The van der Waals surface area contributed by atoms with Gasteiger partial charge in [-0.1, -0.05) is 60.6 Å². The van der Waals surface area contributed by atoms with Crippen LogP contribution in [0.2, 0.25) is 0 Å². The SMILES string of the molecule is CC(C)C(NC(=O)COc1ccc(C(C)(C)C)cc1)C(C)C. The predicted molar refractivity (Wildman–Crippen MR) is 92.2 cm³/mol. The Morgan fingerprint density at radius 2 is 1.55 bits per heavy atom. The number of carbonyl (C=O) groups excluding carboxylic acids is 1. The van der Waals surface area contributed by atoms with E-state index in [0.717, 1.165) is 5.75 Å². The van der Waals surface area contributed by atoms with Gasteiger partial charge >= 0.3 is 0 Å². The van der Waals surface area contributed by atoms with Gasteiger partial charge in [-0.05, 0) is 34.9 Å². The fourth-order valence-corrected chi connectivity index (χ4v) is 2.53. The molecule has 1 amide bonds. The first kappa shape index (κ1) is 18.5. The molecule has 22 heavy (non-hydrogen) atoms. The summed E-state index contributed by atoms with van der Waals surface area (Å²) < 4.78 is 5.58. The van der Waals surface area contributed by atoms with Crippen molar-refractivity contribution >= 4 is 5.91 Å². The molecule has 0 aliphatic rings. The monoisotopic (exact) mass is 305 g/mol. The van der Waals surface area contributed by atoms with Gasteiger partial charge in [0, 0.05) is 6.04 Å². The van der Waals surface area contributed by atoms with E-state index in [1.54, 1.807) is 0 Å². The molecule has 1 aromatic carbocycles. The van der Waals surface area contributed by atoms with Crippen LogP contribution in [0.4, 0.5) is 0 Å². The molecule has 0 radical (unpaired) electrons. The molecule has 0 aromatic heterocycles. The van der Waals surface area contributed by atoms with Crippen molar-refractivity contribution in [3.63, 3.8) is 0 Å². The lowest BCUT2D eigenvalue weighted by atomic mass is 9.87. The largest absolute Gasteiger partial charge is 0.484 e. The summed E-state index contributed by atoms with van der Waals surface area (Å²) in [6.07, 6.45) is 0. The molecule has 0 aliphatic carbocycles. The van der Waals surface area contributed by atoms with Crippen LogP contribution in [-0.4, -0.2) is 18.6 Å². The summed E-state index contributed by atoms with van der Waals surface area (Å²) in [6, 6.07) is 8.14. The third kappa shape index (κ3) is 5.70. The topological polar surface area (TPSA) is 38.3 Å². The summed E-state index contributed by atoms with van der Waals surface area (Å²) in [5.41, 5.74) is 1.38. The average molecular weight is 305 g/mol. The lowest BCUT2D eigenvalue weighted by molar-refractivity contribution is -0.124. The maximum atomic E-state index is 12.0. The molecule has 0 spiro atoms. The van der Waals surface area contributed by atoms with Crippen LogP contribution in [0.3, 0.4) is 0 Å². The van der Waals surface area contributed by atoms with Crippen molar-refractivity contribution in [2.24, 2.45) is 11.8 Å². The average Bonchev–Trinajstić information content (AvgIpc) is 2.41. The lowest BCUT2D eigenvalue weighted by Gasteiger charge is -2.26. The zero-order valence-electron chi connectivity index (χ0n) is 15.1. The van der Waals surface area contributed by atoms with Crippen LogP contribution in [-0.2, 0) is 10.2 Å². The second kappa shape index (κ2) is 7.66. The van der Waals surface area contributed by atoms with Gasteiger partial charge in [-0.25, -0.2) is 0 Å². The fourth-order valence-electron chi connectivity index (χ4n) is 2.53. The van der Waals surface area contributed by atoms with Gasteiger partial charge in [0.15, 0.2) is 6.61 Å². The summed E-state index contributed by atoms with van der Waals surface area (Å²) in [6.45, 7) is 15.1. The van der Waals surface area contributed by atoms with E-state index >= 15 is 0 Å². The van der Waals surface area contributed by atoms with Gasteiger partial charge < -0.3 is 10.1 Å². The molecular formula is C19H31NO2. The number of amides is 1. The number of nitrogens with one attached hydrogen (secondary N) is 1. The van der Waals surface area contributed by atoms with Crippen molar-refractivity contribution in [3.8, 4) is 5.75 Å². The molecule has 0 fully saturated rings. The van der Waals surface area contributed by atoms with Gasteiger partial charge in [-0.2, -0.15) is 0 Å². The molecule has 0 saturated heterocycles. The summed E-state index contributed by atoms with van der Waals surface area (Å²) in [5, 5.41) is 3.06. The first-order chi connectivity index (χ1) is 10.1. The van der Waals surface area contributed by atoms with Gasteiger partial charge in [0.2, 0.25) is 0 Å². The molecule has 124 valence electrons.